The van der Waals surface area contributed by atoms with Crippen LogP contribution >= 0.6 is 15.9 Å². The summed E-state index contributed by atoms with van der Waals surface area (Å²) in [4.78, 5) is 0. The van der Waals surface area contributed by atoms with Gasteiger partial charge in [0.2, 0.25) is 0 Å². The minimum Gasteiger partial charge on any atom is -0.0620 e. The first kappa shape index (κ1) is 17.5. The van der Waals surface area contributed by atoms with Crippen LogP contribution in [0.4, 0.5) is 0 Å². The summed E-state index contributed by atoms with van der Waals surface area (Å²) in [7, 11) is 0. The third-order valence-corrected chi connectivity index (χ3v) is 6.67. The topological polar surface area (TPSA) is 0 Å². The Bertz CT molecular complexity index is 1110. The van der Waals surface area contributed by atoms with Crippen molar-refractivity contribution >= 4 is 15.9 Å². The highest BCUT2D eigenvalue weighted by Crippen LogP contribution is 2.48. The summed E-state index contributed by atoms with van der Waals surface area (Å²) in [5, 5.41) is 0. The fourth-order valence-electron chi connectivity index (χ4n) is 4.68. The molecule has 1 heteroatoms. The first-order valence-electron chi connectivity index (χ1n) is 9.77. The van der Waals surface area contributed by atoms with Crippen molar-refractivity contribution in [3.8, 4) is 11.1 Å². The van der Waals surface area contributed by atoms with Crippen molar-refractivity contribution in [3.63, 3.8) is 0 Å². The molecule has 0 saturated heterocycles. The number of halogens is 1. The first-order chi connectivity index (χ1) is 13.8. The standard InChI is InChI=1S/C27H21Br/c1-18-19-10-2-5-14-23(19)27(24-15-6-3-11-20(18)24)25-16-7-4-12-21(25)22-13-8-9-17-26(22)28/h2-18,27H,1H3. The Labute approximate surface area is 175 Å². The number of fused-ring (bicyclic) bond motifs is 2. The van der Waals surface area contributed by atoms with Crippen molar-refractivity contribution in [2.45, 2.75) is 18.8 Å². The Morgan fingerprint density at radius 3 is 1.50 bits per heavy atom. The Morgan fingerprint density at radius 1 is 0.500 bits per heavy atom. The smallest absolute Gasteiger partial charge is 0.0352 e. The average molecular weight is 425 g/mol. The van der Waals surface area contributed by atoms with Gasteiger partial charge in [-0.2, -0.15) is 0 Å². The van der Waals surface area contributed by atoms with Gasteiger partial charge in [-0.1, -0.05) is 114 Å². The summed E-state index contributed by atoms with van der Waals surface area (Å²) in [6.45, 7) is 2.33. The molecule has 0 spiro atoms. The van der Waals surface area contributed by atoms with Gasteiger partial charge in [0.15, 0.2) is 0 Å². The lowest BCUT2D eigenvalue weighted by Crippen LogP contribution is -2.18. The Hall–Kier alpha value is -2.64. The molecule has 0 atom stereocenters. The molecule has 0 radical (unpaired) electrons. The number of hydrogen-bond donors (Lipinski definition) is 0. The normalized spacial score (nSPS) is 17.6. The van der Waals surface area contributed by atoms with Crippen LogP contribution in [0.3, 0.4) is 0 Å². The molecule has 136 valence electrons. The third-order valence-electron chi connectivity index (χ3n) is 5.98. The van der Waals surface area contributed by atoms with E-state index >= 15 is 0 Å². The SMILES string of the molecule is CC1c2ccccc2C(c2ccccc2-c2ccccc2Br)c2ccccc21. The van der Waals surface area contributed by atoms with Gasteiger partial charge in [-0.15, -0.1) is 0 Å². The minimum absolute atomic E-state index is 0.243. The summed E-state index contributed by atoms with van der Waals surface area (Å²) < 4.78 is 1.13. The van der Waals surface area contributed by atoms with Crippen LogP contribution in [-0.2, 0) is 0 Å². The second-order valence-electron chi connectivity index (χ2n) is 7.48. The van der Waals surface area contributed by atoms with Crippen LogP contribution < -0.4 is 0 Å². The molecule has 0 amide bonds. The van der Waals surface area contributed by atoms with Crippen molar-refractivity contribution in [1.82, 2.24) is 0 Å². The monoisotopic (exact) mass is 424 g/mol. The fraction of sp³-hybridized carbons (Fsp3) is 0.111. The molecule has 0 saturated carbocycles. The Balaban J connectivity index is 1.81. The van der Waals surface area contributed by atoms with Crippen molar-refractivity contribution < 1.29 is 0 Å². The number of hydrogen-bond acceptors (Lipinski definition) is 0. The van der Waals surface area contributed by atoms with E-state index in [0.717, 1.165) is 4.47 Å². The summed E-state index contributed by atoms with van der Waals surface area (Å²) in [5.41, 5.74) is 9.62. The van der Waals surface area contributed by atoms with E-state index in [2.05, 4.69) is 120 Å². The van der Waals surface area contributed by atoms with Crippen LogP contribution in [0.1, 0.15) is 46.6 Å². The van der Waals surface area contributed by atoms with Gasteiger partial charge in [-0.25, -0.2) is 0 Å². The zero-order chi connectivity index (χ0) is 19.1. The highest BCUT2D eigenvalue weighted by atomic mass is 79.9. The molecule has 28 heavy (non-hydrogen) atoms. The van der Waals surface area contributed by atoms with Crippen molar-refractivity contribution in [2.24, 2.45) is 0 Å². The predicted octanol–water partition coefficient (Wildman–Crippen LogP) is 7.76. The molecule has 0 N–H and O–H groups in total. The summed E-state index contributed by atoms with van der Waals surface area (Å²) in [5.74, 6) is 0.658. The zero-order valence-electron chi connectivity index (χ0n) is 15.8. The maximum atomic E-state index is 3.76. The molecule has 0 fully saturated rings. The molecule has 0 unspecified atom stereocenters. The molecule has 0 heterocycles. The van der Waals surface area contributed by atoms with Gasteiger partial charge in [0.25, 0.3) is 0 Å². The van der Waals surface area contributed by atoms with Gasteiger partial charge < -0.3 is 0 Å². The van der Waals surface area contributed by atoms with E-state index in [1.807, 2.05) is 0 Å². The molecule has 0 aromatic heterocycles. The maximum Gasteiger partial charge on any atom is 0.0352 e. The molecular weight excluding hydrogens is 404 g/mol. The van der Waals surface area contributed by atoms with E-state index in [0.29, 0.717) is 5.92 Å². The molecule has 5 rings (SSSR count). The number of benzene rings is 4. The molecule has 0 bridgehead atoms. The Kier molecular flexibility index (Phi) is 4.41. The van der Waals surface area contributed by atoms with Gasteiger partial charge in [0, 0.05) is 16.3 Å². The second kappa shape index (κ2) is 7.07. The summed E-state index contributed by atoms with van der Waals surface area (Å²) >= 11 is 3.76. The highest BCUT2D eigenvalue weighted by Gasteiger charge is 2.31. The van der Waals surface area contributed by atoms with Crippen molar-refractivity contribution in [3.05, 3.63) is 129 Å². The van der Waals surface area contributed by atoms with Gasteiger partial charge >= 0.3 is 0 Å². The molecule has 1 aliphatic rings. The van der Waals surface area contributed by atoms with Gasteiger partial charge in [-0.05, 0) is 45.0 Å². The quantitative estimate of drug-likeness (QED) is 0.308. The second-order valence-corrected chi connectivity index (χ2v) is 8.33. The number of rotatable bonds is 2. The predicted molar refractivity (Wildman–Crippen MR) is 121 cm³/mol. The van der Waals surface area contributed by atoms with Gasteiger partial charge in [-0.3, -0.25) is 0 Å². The van der Waals surface area contributed by atoms with Crippen LogP contribution in [0.15, 0.2) is 102 Å². The Morgan fingerprint density at radius 2 is 0.929 bits per heavy atom. The molecule has 4 aromatic rings. The van der Waals surface area contributed by atoms with Crippen LogP contribution in [0.2, 0.25) is 0 Å². The van der Waals surface area contributed by atoms with Crippen LogP contribution in [-0.4, -0.2) is 0 Å². The van der Waals surface area contributed by atoms with Crippen molar-refractivity contribution in [2.75, 3.05) is 0 Å². The lowest BCUT2D eigenvalue weighted by molar-refractivity contribution is 0.795. The van der Waals surface area contributed by atoms with E-state index in [1.165, 1.54) is 38.9 Å². The molecular formula is C27H21Br. The van der Waals surface area contributed by atoms with Crippen LogP contribution in [0.5, 0.6) is 0 Å². The molecule has 4 aromatic carbocycles. The van der Waals surface area contributed by atoms with E-state index in [9.17, 15) is 0 Å². The first-order valence-corrected chi connectivity index (χ1v) is 10.6. The molecule has 1 aliphatic carbocycles. The fourth-order valence-corrected chi connectivity index (χ4v) is 5.18. The van der Waals surface area contributed by atoms with Crippen LogP contribution in [0, 0.1) is 0 Å². The average Bonchev–Trinajstić information content (AvgIpc) is 2.75. The van der Waals surface area contributed by atoms with E-state index in [4.69, 9.17) is 0 Å². The lowest BCUT2D eigenvalue weighted by atomic mass is 9.70. The zero-order valence-corrected chi connectivity index (χ0v) is 17.4. The van der Waals surface area contributed by atoms with E-state index < -0.39 is 0 Å². The maximum absolute atomic E-state index is 3.76. The highest BCUT2D eigenvalue weighted by molar-refractivity contribution is 9.10. The van der Waals surface area contributed by atoms with Gasteiger partial charge in [0.05, 0.1) is 0 Å². The van der Waals surface area contributed by atoms with Gasteiger partial charge in [0.1, 0.15) is 0 Å². The van der Waals surface area contributed by atoms with Crippen LogP contribution in [0.25, 0.3) is 11.1 Å². The lowest BCUT2D eigenvalue weighted by Gasteiger charge is -2.34. The largest absolute Gasteiger partial charge is 0.0620 e. The van der Waals surface area contributed by atoms with E-state index in [-0.39, 0.29) is 5.92 Å². The molecule has 0 nitrogen and oxygen atoms in total. The summed E-state index contributed by atoms with van der Waals surface area (Å²) in [6, 6.07) is 35.2. The third kappa shape index (κ3) is 2.73. The molecule has 0 aliphatic heterocycles. The summed E-state index contributed by atoms with van der Waals surface area (Å²) in [6.07, 6.45) is 0. The van der Waals surface area contributed by atoms with Crippen molar-refractivity contribution in [1.29, 1.82) is 0 Å². The minimum atomic E-state index is 0.243. The van der Waals surface area contributed by atoms with E-state index in [1.54, 1.807) is 0 Å².